The third kappa shape index (κ3) is 3.22. The van der Waals surface area contributed by atoms with Gasteiger partial charge in [-0.25, -0.2) is 8.57 Å². The second-order valence-corrected chi connectivity index (χ2v) is 6.68. The summed E-state index contributed by atoms with van der Waals surface area (Å²) < 4.78 is 16.8. The van der Waals surface area contributed by atoms with Gasteiger partial charge in [0.2, 0.25) is 0 Å². The molecule has 1 N–H and O–H groups in total. The van der Waals surface area contributed by atoms with E-state index in [1.54, 1.807) is 12.1 Å². The zero-order valence-corrected chi connectivity index (χ0v) is 11.6. The molecule has 4 heteroatoms. The number of aliphatic hydroxyl groups excluding tert-OH is 1. The van der Waals surface area contributed by atoms with Crippen LogP contribution in [-0.2, 0) is 9.73 Å². The number of benzene rings is 2. The summed E-state index contributed by atoms with van der Waals surface area (Å²) in [5.74, 6) is 0.109. The Morgan fingerprint density at radius 2 is 1.58 bits per heavy atom. The van der Waals surface area contributed by atoms with Crippen LogP contribution in [-0.4, -0.2) is 22.1 Å². The molecule has 2 aromatic carbocycles. The van der Waals surface area contributed by atoms with Gasteiger partial charge >= 0.3 is 0 Å². The van der Waals surface area contributed by atoms with Crippen molar-refractivity contribution in [1.82, 2.24) is 0 Å². The molecule has 0 amide bonds. The van der Waals surface area contributed by atoms with Crippen LogP contribution in [0.1, 0.15) is 11.7 Å². The van der Waals surface area contributed by atoms with Crippen LogP contribution >= 0.6 is 0 Å². The highest BCUT2D eigenvalue weighted by Crippen LogP contribution is 2.21. The highest BCUT2D eigenvalue weighted by Gasteiger charge is 2.18. The van der Waals surface area contributed by atoms with Crippen molar-refractivity contribution in [2.75, 3.05) is 12.8 Å². The number of rotatable bonds is 4. The molecule has 0 heterocycles. The zero-order chi connectivity index (χ0) is 13.7. The van der Waals surface area contributed by atoms with Crippen molar-refractivity contribution >= 4 is 9.73 Å². The molecule has 0 bridgehead atoms. The molecule has 0 saturated carbocycles. The van der Waals surface area contributed by atoms with Gasteiger partial charge in [0.25, 0.3) is 0 Å². The van der Waals surface area contributed by atoms with E-state index in [1.165, 1.54) is 7.05 Å². The third-order valence-electron chi connectivity index (χ3n) is 2.97. The molecule has 0 aliphatic rings. The topological polar surface area (TPSA) is 49.7 Å². The SMILES string of the molecule is CN=S(=O)(C[C@H](O)c1ccccc1)c1ccccc1. The summed E-state index contributed by atoms with van der Waals surface area (Å²) in [7, 11) is -1.04. The van der Waals surface area contributed by atoms with Crippen molar-refractivity contribution in [2.24, 2.45) is 4.36 Å². The van der Waals surface area contributed by atoms with Crippen molar-refractivity contribution in [3.63, 3.8) is 0 Å². The quantitative estimate of drug-likeness (QED) is 0.932. The Labute approximate surface area is 114 Å². The van der Waals surface area contributed by atoms with Gasteiger partial charge in [0.15, 0.2) is 0 Å². The summed E-state index contributed by atoms with van der Waals surface area (Å²) in [5.41, 5.74) is 0.759. The average molecular weight is 275 g/mol. The van der Waals surface area contributed by atoms with Crippen LogP contribution < -0.4 is 0 Å². The lowest BCUT2D eigenvalue weighted by Crippen LogP contribution is -2.14. The van der Waals surface area contributed by atoms with Gasteiger partial charge in [-0.2, -0.15) is 0 Å². The highest BCUT2D eigenvalue weighted by molar-refractivity contribution is 7.93. The lowest BCUT2D eigenvalue weighted by Gasteiger charge is -2.15. The first-order valence-corrected chi connectivity index (χ1v) is 7.75. The maximum absolute atomic E-state index is 12.8. The van der Waals surface area contributed by atoms with Gasteiger partial charge in [-0.05, 0) is 17.7 Å². The van der Waals surface area contributed by atoms with E-state index in [-0.39, 0.29) is 5.75 Å². The Morgan fingerprint density at radius 3 is 2.11 bits per heavy atom. The Morgan fingerprint density at radius 1 is 1.05 bits per heavy atom. The molecule has 100 valence electrons. The first-order chi connectivity index (χ1) is 9.15. The van der Waals surface area contributed by atoms with Crippen molar-refractivity contribution < 1.29 is 9.32 Å². The Balaban J connectivity index is 2.28. The van der Waals surface area contributed by atoms with E-state index in [0.29, 0.717) is 4.90 Å². The summed E-state index contributed by atoms with van der Waals surface area (Å²) >= 11 is 0. The van der Waals surface area contributed by atoms with Crippen molar-refractivity contribution in [2.45, 2.75) is 11.0 Å². The predicted molar refractivity (Wildman–Crippen MR) is 77.5 cm³/mol. The van der Waals surface area contributed by atoms with Gasteiger partial charge in [0, 0.05) is 11.9 Å². The standard InChI is InChI=1S/C15H17NO2S/c1-16-19(18,14-10-6-3-7-11-14)12-15(17)13-8-4-2-5-9-13/h2-11,15,17H,12H2,1H3/t15-,19?/m0/s1. The summed E-state index contributed by atoms with van der Waals surface area (Å²) in [6.45, 7) is 0. The molecular formula is C15H17NO2S. The third-order valence-corrected chi connectivity index (χ3v) is 5.34. The van der Waals surface area contributed by atoms with Crippen LogP contribution in [0.25, 0.3) is 0 Å². The van der Waals surface area contributed by atoms with Gasteiger partial charge in [-0.3, -0.25) is 0 Å². The van der Waals surface area contributed by atoms with Crippen molar-refractivity contribution in [3.8, 4) is 0 Å². The second-order valence-electron chi connectivity index (χ2n) is 4.23. The molecule has 0 spiro atoms. The molecule has 0 aromatic heterocycles. The van der Waals surface area contributed by atoms with E-state index >= 15 is 0 Å². The van der Waals surface area contributed by atoms with Crippen LogP contribution in [0.5, 0.6) is 0 Å². The first kappa shape index (κ1) is 13.8. The van der Waals surface area contributed by atoms with E-state index in [4.69, 9.17) is 0 Å². The molecule has 19 heavy (non-hydrogen) atoms. The zero-order valence-electron chi connectivity index (χ0n) is 10.8. The second kappa shape index (κ2) is 5.99. The van der Waals surface area contributed by atoms with Crippen LogP contribution in [0.2, 0.25) is 0 Å². The molecule has 0 aliphatic carbocycles. The Bertz CT molecular complexity index is 632. The summed E-state index contributed by atoms with van der Waals surface area (Å²) in [5, 5.41) is 10.2. The minimum Gasteiger partial charge on any atom is -0.387 e. The Hall–Kier alpha value is -1.65. The lowest BCUT2D eigenvalue weighted by atomic mass is 10.1. The smallest absolute Gasteiger partial charge is 0.0917 e. The van der Waals surface area contributed by atoms with Gasteiger partial charge < -0.3 is 5.11 Å². The molecule has 3 nitrogen and oxygen atoms in total. The molecule has 2 rings (SSSR count). The molecule has 1 unspecified atom stereocenters. The molecule has 2 atom stereocenters. The fourth-order valence-corrected chi connectivity index (χ4v) is 3.65. The maximum Gasteiger partial charge on any atom is 0.0917 e. The summed E-state index contributed by atoms with van der Waals surface area (Å²) in [6.07, 6.45) is -0.780. The van der Waals surface area contributed by atoms with Crippen LogP contribution in [0.15, 0.2) is 69.9 Å². The highest BCUT2D eigenvalue weighted by atomic mass is 32.2. The van der Waals surface area contributed by atoms with Gasteiger partial charge in [0.05, 0.1) is 21.6 Å². The summed E-state index contributed by atoms with van der Waals surface area (Å²) in [6, 6.07) is 18.3. The van der Waals surface area contributed by atoms with Crippen LogP contribution in [0.4, 0.5) is 0 Å². The largest absolute Gasteiger partial charge is 0.387 e. The minimum atomic E-state index is -2.58. The number of hydrogen-bond acceptors (Lipinski definition) is 3. The van der Waals surface area contributed by atoms with Crippen molar-refractivity contribution in [3.05, 3.63) is 66.2 Å². The predicted octanol–water partition coefficient (Wildman–Crippen LogP) is 2.88. The monoisotopic (exact) mass is 275 g/mol. The van der Waals surface area contributed by atoms with E-state index in [0.717, 1.165) is 5.56 Å². The minimum absolute atomic E-state index is 0.109. The molecule has 2 aromatic rings. The normalized spacial score (nSPS) is 15.5. The van der Waals surface area contributed by atoms with E-state index in [2.05, 4.69) is 4.36 Å². The number of hydrogen-bond donors (Lipinski definition) is 1. The van der Waals surface area contributed by atoms with E-state index in [1.807, 2.05) is 48.5 Å². The van der Waals surface area contributed by atoms with E-state index in [9.17, 15) is 9.32 Å². The molecule has 0 saturated heterocycles. The van der Waals surface area contributed by atoms with Gasteiger partial charge in [0.1, 0.15) is 0 Å². The van der Waals surface area contributed by atoms with Crippen molar-refractivity contribution in [1.29, 1.82) is 0 Å². The van der Waals surface area contributed by atoms with Crippen LogP contribution in [0, 0.1) is 0 Å². The van der Waals surface area contributed by atoms with Crippen LogP contribution in [0.3, 0.4) is 0 Å². The molecular weight excluding hydrogens is 258 g/mol. The fourth-order valence-electron chi connectivity index (χ4n) is 1.89. The maximum atomic E-state index is 12.8. The lowest BCUT2D eigenvalue weighted by molar-refractivity contribution is 0.202. The Kier molecular flexibility index (Phi) is 4.35. The number of aliphatic hydroxyl groups is 1. The summed E-state index contributed by atoms with van der Waals surface area (Å²) in [4.78, 5) is 0.660. The molecule has 0 fully saturated rings. The number of nitrogens with zero attached hydrogens (tertiary/aromatic N) is 1. The van der Waals surface area contributed by atoms with Gasteiger partial charge in [-0.15, -0.1) is 0 Å². The average Bonchev–Trinajstić information content (AvgIpc) is 2.49. The molecule has 0 radical (unpaired) electrons. The van der Waals surface area contributed by atoms with Gasteiger partial charge in [-0.1, -0.05) is 48.5 Å². The first-order valence-electron chi connectivity index (χ1n) is 6.07. The fraction of sp³-hybridized carbons (Fsp3) is 0.200. The van der Waals surface area contributed by atoms with E-state index < -0.39 is 15.8 Å². The molecule has 0 aliphatic heterocycles.